The molecular formula is C21H25FN2O2. The summed E-state index contributed by atoms with van der Waals surface area (Å²) in [6, 6.07) is 12.9. The third-order valence-electron chi connectivity index (χ3n) is 4.13. The minimum atomic E-state index is -0.672. The van der Waals surface area contributed by atoms with Crippen LogP contribution in [0.4, 0.5) is 4.39 Å². The van der Waals surface area contributed by atoms with E-state index in [4.69, 9.17) is 0 Å². The van der Waals surface area contributed by atoms with Crippen LogP contribution >= 0.6 is 0 Å². The topological polar surface area (TPSA) is 58.2 Å². The summed E-state index contributed by atoms with van der Waals surface area (Å²) in [5.41, 5.74) is 1.80. The van der Waals surface area contributed by atoms with Gasteiger partial charge in [0.2, 0.25) is 5.91 Å². The normalized spacial score (nSPS) is 11.9. The van der Waals surface area contributed by atoms with Gasteiger partial charge in [0.25, 0.3) is 5.91 Å². The van der Waals surface area contributed by atoms with Gasteiger partial charge < -0.3 is 10.6 Å². The molecule has 2 amide bonds. The summed E-state index contributed by atoms with van der Waals surface area (Å²) in [4.78, 5) is 25.1. The Morgan fingerprint density at radius 3 is 2.35 bits per heavy atom. The highest BCUT2D eigenvalue weighted by atomic mass is 19.1. The molecule has 0 spiro atoms. The predicted octanol–water partition coefficient (Wildman–Crippen LogP) is 3.60. The SMILES string of the molecule is Cc1ccccc1C(=O)NC(CC(C)C)C(=O)NCc1ccccc1F. The highest BCUT2D eigenvalue weighted by Gasteiger charge is 2.23. The van der Waals surface area contributed by atoms with Crippen LogP contribution in [0.25, 0.3) is 0 Å². The van der Waals surface area contributed by atoms with Crippen molar-refractivity contribution in [3.8, 4) is 0 Å². The highest BCUT2D eigenvalue weighted by Crippen LogP contribution is 2.11. The van der Waals surface area contributed by atoms with E-state index in [2.05, 4.69) is 10.6 Å². The van der Waals surface area contributed by atoms with E-state index in [0.29, 0.717) is 17.5 Å². The first kappa shape index (κ1) is 19.6. The second-order valence-corrected chi connectivity index (χ2v) is 6.78. The standard InChI is InChI=1S/C21H25FN2O2/c1-14(2)12-19(24-20(25)17-10-6-4-8-15(17)3)21(26)23-13-16-9-5-7-11-18(16)22/h4-11,14,19H,12-13H2,1-3H3,(H,23,26)(H,24,25). The smallest absolute Gasteiger partial charge is 0.252 e. The molecule has 0 bridgehead atoms. The van der Waals surface area contributed by atoms with E-state index >= 15 is 0 Å². The summed E-state index contributed by atoms with van der Waals surface area (Å²) in [6.07, 6.45) is 0.501. The van der Waals surface area contributed by atoms with Crippen LogP contribution in [0.3, 0.4) is 0 Å². The van der Waals surface area contributed by atoms with Gasteiger partial charge in [-0.2, -0.15) is 0 Å². The third kappa shape index (κ3) is 5.41. The molecule has 2 aromatic rings. The number of carbonyl (C=O) groups excluding carboxylic acids is 2. The van der Waals surface area contributed by atoms with Crippen molar-refractivity contribution in [2.45, 2.75) is 39.8 Å². The Morgan fingerprint density at radius 1 is 1.04 bits per heavy atom. The first-order valence-corrected chi connectivity index (χ1v) is 8.76. The zero-order chi connectivity index (χ0) is 19.1. The molecular weight excluding hydrogens is 331 g/mol. The van der Waals surface area contributed by atoms with E-state index in [0.717, 1.165) is 5.56 Å². The monoisotopic (exact) mass is 356 g/mol. The molecule has 5 heteroatoms. The van der Waals surface area contributed by atoms with Gasteiger partial charge in [0.1, 0.15) is 11.9 Å². The lowest BCUT2D eigenvalue weighted by molar-refractivity contribution is -0.123. The highest BCUT2D eigenvalue weighted by molar-refractivity contribution is 5.98. The van der Waals surface area contributed by atoms with Crippen LogP contribution in [-0.4, -0.2) is 17.9 Å². The number of benzene rings is 2. The van der Waals surface area contributed by atoms with Crippen LogP contribution < -0.4 is 10.6 Å². The molecule has 0 aliphatic carbocycles. The minimum absolute atomic E-state index is 0.0837. The lowest BCUT2D eigenvalue weighted by Crippen LogP contribution is -2.47. The second-order valence-electron chi connectivity index (χ2n) is 6.78. The molecule has 4 nitrogen and oxygen atoms in total. The van der Waals surface area contributed by atoms with Crippen LogP contribution in [-0.2, 0) is 11.3 Å². The van der Waals surface area contributed by atoms with Crippen molar-refractivity contribution in [3.05, 3.63) is 71.0 Å². The lowest BCUT2D eigenvalue weighted by Gasteiger charge is -2.21. The number of nitrogens with one attached hydrogen (secondary N) is 2. The van der Waals surface area contributed by atoms with Crippen molar-refractivity contribution >= 4 is 11.8 Å². The Kier molecular flexibility index (Phi) is 6.89. The molecule has 2 aromatic carbocycles. The fourth-order valence-corrected chi connectivity index (χ4v) is 2.71. The molecule has 0 aliphatic heterocycles. The average molecular weight is 356 g/mol. The summed E-state index contributed by atoms with van der Waals surface area (Å²) in [6.45, 7) is 5.90. The molecule has 2 rings (SSSR count). The van der Waals surface area contributed by atoms with Gasteiger partial charge in [-0.1, -0.05) is 50.2 Å². The van der Waals surface area contributed by atoms with Crippen LogP contribution in [0.1, 0.15) is 41.8 Å². The molecule has 1 atom stereocenters. The van der Waals surface area contributed by atoms with Gasteiger partial charge in [0, 0.05) is 17.7 Å². The van der Waals surface area contributed by atoms with E-state index < -0.39 is 6.04 Å². The van der Waals surface area contributed by atoms with E-state index in [-0.39, 0.29) is 30.1 Å². The van der Waals surface area contributed by atoms with Crippen LogP contribution in [0.5, 0.6) is 0 Å². The molecule has 2 N–H and O–H groups in total. The van der Waals surface area contributed by atoms with Gasteiger partial charge in [-0.05, 0) is 37.0 Å². The van der Waals surface area contributed by atoms with Crippen LogP contribution in [0.15, 0.2) is 48.5 Å². The van der Waals surface area contributed by atoms with E-state index in [1.54, 1.807) is 30.3 Å². The lowest BCUT2D eigenvalue weighted by atomic mass is 10.0. The Labute approximate surface area is 153 Å². The molecule has 138 valence electrons. The zero-order valence-corrected chi connectivity index (χ0v) is 15.4. The Bertz CT molecular complexity index is 774. The number of hydrogen-bond acceptors (Lipinski definition) is 2. The van der Waals surface area contributed by atoms with Gasteiger partial charge >= 0.3 is 0 Å². The zero-order valence-electron chi connectivity index (χ0n) is 15.4. The van der Waals surface area contributed by atoms with Gasteiger partial charge in [0.05, 0.1) is 0 Å². The van der Waals surface area contributed by atoms with Crippen molar-refractivity contribution in [3.63, 3.8) is 0 Å². The van der Waals surface area contributed by atoms with Crippen molar-refractivity contribution in [2.75, 3.05) is 0 Å². The maximum absolute atomic E-state index is 13.7. The first-order valence-electron chi connectivity index (χ1n) is 8.76. The van der Waals surface area contributed by atoms with E-state index in [1.165, 1.54) is 6.07 Å². The molecule has 0 saturated heterocycles. The average Bonchev–Trinajstić information content (AvgIpc) is 2.60. The third-order valence-corrected chi connectivity index (χ3v) is 4.13. The summed E-state index contributed by atoms with van der Waals surface area (Å²) < 4.78 is 13.7. The Morgan fingerprint density at radius 2 is 1.69 bits per heavy atom. The predicted molar refractivity (Wildman–Crippen MR) is 100 cm³/mol. The maximum Gasteiger partial charge on any atom is 0.252 e. The number of amides is 2. The van der Waals surface area contributed by atoms with Gasteiger partial charge in [-0.15, -0.1) is 0 Å². The molecule has 1 unspecified atom stereocenters. The fourth-order valence-electron chi connectivity index (χ4n) is 2.71. The first-order chi connectivity index (χ1) is 12.4. The molecule has 0 aromatic heterocycles. The number of halogens is 1. The van der Waals surface area contributed by atoms with Gasteiger partial charge in [0.15, 0.2) is 0 Å². The second kappa shape index (κ2) is 9.13. The van der Waals surface area contributed by atoms with E-state index in [1.807, 2.05) is 32.9 Å². The maximum atomic E-state index is 13.7. The molecule has 0 aliphatic rings. The number of hydrogen-bond donors (Lipinski definition) is 2. The molecule has 0 fully saturated rings. The van der Waals surface area contributed by atoms with Crippen molar-refractivity contribution in [2.24, 2.45) is 5.92 Å². The largest absolute Gasteiger partial charge is 0.350 e. The van der Waals surface area contributed by atoms with Crippen molar-refractivity contribution in [1.29, 1.82) is 0 Å². The Balaban J connectivity index is 2.06. The summed E-state index contributed by atoms with van der Waals surface area (Å²) in [5.74, 6) is -0.743. The minimum Gasteiger partial charge on any atom is -0.350 e. The van der Waals surface area contributed by atoms with Crippen LogP contribution in [0, 0.1) is 18.7 Å². The molecule has 0 saturated carbocycles. The van der Waals surface area contributed by atoms with E-state index in [9.17, 15) is 14.0 Å². The van der Waals surface area contributed by atoms with Crippen molar-refractivity contribution < 1.29 is 14.0 Å². The van der Waals surface area contributed by atoms with Crippen LogP contribution in [0.2, 0.25) is 0 Å². The Hall–Kier alpha value is -2.69. The quantitative estimate of drug-likeness (QED) is 0.796. The number of carbonyl (C=O) groups is 2. The molecule has 0 heterocycles. The fraction of sp³-hybridized carbons (Fsp3) is 0.333. The molecule has 26 heavy (non-hydrogen) atoms. The van der Waals surface area contributed by atoms with Gasteiger partial charge in [-0.25, -0.2) is 4.39 Å². The summed E-state index contributed by atoms with van der Waals surface area (Å²) in [7, 11) is 0. The summed E-state index contributed by atoms with van der Waals surface area (Å²) >= 11 is 0. The number of rotatable bonds is 7. The van der Waals surface area contributed by atoms with Gasteiger partial charge in [-0.3, -0.25) is 9.59 Å². The molecule has 0 radical (unpaired) electrons. The van der Waals surface area contributed by atoms with Crippen molar-refractivity contribution in [1.82, 2.24) is 10.6 Å². The number of aryl methyl sites for hydroxylation is 1. The summed E-state index contributed by atoms with van der Waals surface area (Å²) in [5, 5.41) is 5.53.